The van der Waals surface area contributed by atoms with E-state index in [9.17, 15) is 4.79 Å². The van der Waals surface area contributed by atoms with Gasteiger partial charge < -0.3 is 10.2 Å². The molecule has 0 unspecified atom stereocenters. The molecule has 0 spiro atoms. The van der Waals surface area contributed by atoms with E-state index in [1.807, 2.05) is 12.1 Å². The standard InChI is InChI=1S/C13H18N2O/c1-15(2)8-4-6-10-5-3-7-12-11(10)9-13(16)14-12/h3,5,7H,4,6,8-9H2,1-2H3,(H,14,16). The summed E-state index contributed by atoms with van der Waals surface area (Å²) in [6, 6.07) is 6.14. The van der Waals surface area contributed by atoms with Gasteiger partial charge in [0.2, 0.25) is 5.91 Å². The monoisotopic (exact) mass is 218 g/mol. The van der Waals surface area contributed by atoms with Crippen molar-refractivity contribution in [2.75, 3.05) is 26.0 Å². The number of anilines is 1. The van der Waals surface area contributed by atoms with Crippen molar-refractivity contribution in [3.8, 4) is 0 Å². The molecule has 0 atom stereocenters. The molecule has 0 fully saturated rings. The van der Waals surface area contributed by atoms with E-state index in [2.05, 4.69) is 30.4 Å². The Balaban J connectivity index is 2.05. The molecule has 3 heteroatoms. The van der Waals surface area contributed by atoms with Crippen LogP contribution in [0.2, 0.25) is 0 Å². The summed E-state index contributed by atoms with van der Waals surface area (Å²) in [6.07, 6.45) is 2.74. The van der Waals surface area contributed by atoms with Gasteiger partial charge in [-0.05, 0) is 50.7 Å². The van der Waals surface area contributed by atoms with E-state index in [1.165, 1.54) is 11.1 Å². The van der Waals surface area contributed by atoms with Gasteiger partial charge in [-0.3, -0.25) is 4.79 Å². The number of carbonyl (C=O) groups excluding carboxylic acids is 1. The van der Waals surface area contributed by atoms with Crippen LogP contribution in [0.3, 0.4) is 0 Å². The number of hydrogen-bond donors (Lipinski definition) is 1. The third kappa shape index (κ3) is 2.42. The minimum Gasteiger partial charge on any atom is -0.326 e. The third-order valence-corrected chi connectivity index (χ3v) is 2.94. The van der Waals surface area contributed by atoms with Crippen molar-refractivity contribution in [1.29, 1.82) is 0 Å². The molecule has 0 radical (unpaired) electrons. The molecule has 16 heavy (non-hydrogen) atoms. The first-order valence-corrected chi connectivity index (χ1v) is 5.72. The topological polar surface area (TPSA) is 32.3 Å². The summed E-state index contributed by atoms with van der Waals surface area (Å²) >= 11 is 0. The van der Waals surface area contributed by atoms with Crippen LogP contribution in [0.15, 0.2) is 18.2 Å². The van der Waals surface area contributed by atoms with Gasteiger partial charge in [-0.25, -0.2) is 0 Å². The molecular weight excluding hydrogens is 200 g/mol. The van der Waals surface area contributed by atoms with Crippen LogP contribution in [-0.4, -0.2) is 31.4 Å². The smallest absolute Gasteiger partial charge is 0.228 e. The minimum absolute atomic E-state index is 0.120. The lowest BCUT2D eigenvalue weighted by Gasteiger charge is -2.10. The number of rotatable bonds is 4. The van der Waals surface area contributed by atoms with E-state index in [0.29, 0.717) is 6.42 Å². The molecular formula is C13H18N2O. The van der Waals surface area contributed by atoms with Crippen molar-refractivity contribution in [3.63, 3.8) is 0 Å². The minimum atomic E-state index is 0.120. The lowest BCUT2D eigenvalue weighted by atomic mass is 10.0. The quantitative estimate of drug-likeness (QED) is 0.834. The second kappa shape index (κ2) is 4.66. The molecule has 1 aromatic rings. The van der Waals surface area contributed by atoms with Crippen LogP contribution >= 0.6 is 0 Å². The molecule has 1 N–H and O–H groups in total. The van der Waals surface area contributed by atoms with Crippen LogP contribution in [-0.2, 0) is 17.6 Å². The molecule has 1 aliphatic heterocycles. The number of aryl methyl sites for hydroxylation is 1. The van der Waals surface area contributed by atoms with Crippen LogP contribution < -0.4 is 5.32 Å². The summed E-state index contributed by atoms with van der Waals surface area (Å²) in [4.78, 5) is 13.5. The molecule has 1 aliphatic rings. The van der Waals surface area contributed by atoms with E-state index in [1.54, 1.807) is 0 Å². The van der Waals surface area contributed by atoms with Crippen LogP contribution in [0, 0.1) is 0 Å². The average molecular weight is 218 g/mol. The number of fused-ring (bicyclic) bond motifs is 1. The van der Waals surface area contributed by atoms with E-state index < -0.39 is 0 Å². The number of benzene rings is 1. The Labute approximate surface area is 96.5 Å². The number of amides is 1. The van der Waals surface area contributed by atoms with Crippen LogP contribution in [0.4, 0.5) is 5.69 Å². The molecule has 3 nitrogen and oxygen atoms in total. The first-order chi connectivity index (χ1) is 7.66. The fourth-order valence-corrected chi connectivity index (χ4v) is 2.14. The zero-order valence-electron chi connectivity index (χ0n) is 9.92. The molecule has 0 aliphatic carbocycles. The van der Waals surface area contributed by atoms with E-state index in [4.69, 9.17) is 0 Å². The Bertz CT molecular complexity index is 399. The van der Waals surface area contributed by atoms with Gasteiger partial charge in [0.25, 0.3) is 0 Å². The van der Waals surface area contributed by atoms with Gasteiger partial charge in [0.15, 0.2) is 0 Å². The van der Waals surface area contributed by atoms with E-state index in [0.717, 1.165) is 25.1 Å². The summed E-state index contributed by atoms with van der Waals surface area (Å²) < 4.78 is 0. The van der Waals surface area contributed by atoms with Gasteiger partial charge in [0.05, 0.1) is 6.42 Å². The predicted octanol–water partition coefficient (Wildman–Crippen LogP) is 1.68. The Kier molecular flexibility index (Phi) is 3.25. The number of hydrogen-bond acceptors (Lipinski definition) is 2. The van der Waals surface area contributed by atoms with Gasteiger partial charge >= 0.3 is 0 Å². The Morgan fingerprint density at radius 3 is 2.94 bits per heavy atom. The molecule has 2 rings (SSSR count). The van der Waals surface area contributed by atoms with Crippen molar-refractivity contribution in [2.24, 2.45) is 0 Å². The largest absolute Gasteiger partial charge is 0.326 e. The average Bonchev–Trinajstić information content (AvgIpc) is 2.58. The normalized spacial score (nSPS) is 14.1. The van der Waals surface area contributed by atoms with Crippen LogP contribution in [0.25, 0.3) is 0 Å². The van der Waals surface area contributed by atoms with Crippen LogP contribution in [0.1, 0.15) is 17.5 Å². The fourth-order valence-electron chi connectivity index (χ4n) is 2.14. The van der Waals surface area contributed by atoms with Gasteiger partial charge in [-0.15, -0.1) is 0 Å². The summed E-state index contributed by atoms with van der Waals surface area (Å²) in [6.45, 7) is 1.09. The lowest BCUT2D eigenvalue weighted by molar-refractivity contribution is -0.115. The molecule has 0 saturated carbocycles. The molecule has 1 heterocycles. The first-order valence-electron chi connectivity index (χ1n) is 5.72. The summed E-state index contributed by atoms with van der Waals surface area (Å²) in [5.74, 6) is 0.120. The number of nitrogens with one attached hydrogen (secondary N) is 1. The van der Waals surface area contributed by atoms with Gasteiger partial charge in [0.1, 0.15) is 0 Å². The lowest BCUT2D eigenvalue weighted by Crippen LogP contribution is -2.13. The van der Waals surface area contributed by atoms with E-state index in [-0.39, 0.29) is 5.91 Å². The highest BCUT2D eigenvalue weighted by atomic mass is 16.1. The molecule has 0 saturated heterocycles. The number of nitrogens with zero attached hydrogens (tertiary/aromatic N) is 1. The van der Waals surface area contributed by atoms with Crippen LogP contribution in [0.5, 0.6) is 0 Å². The Hall–Kier alpha value is -1.35. The maximum absolute atomic E-state index is 11.3. The molecule has 1 amide bonds. The van der Waals surface area contributed by atoms with Gasteiger partial charge in [0, 0.05) is 5.69 Å². The SMILES string of the molecule is CN(C)CCCc1cccc2c1CC(=O)N2. The highest BCUT2D eigenvalue weighted by Crippen LogP contribution is 2.26. The molecule has 0 bridgehead atoms. The van der Waals surface area contributed by atoms with E-state index >= 15 is 0 Å². The predicted molar refractivity (Wildman–Crippen MR) is 65.7 cm³/mol. The zero-order chi connectivity index (χ0) is 11.5. The first kappa shape index (κ1) is 11.1. The summed E-state index contributed by atoms with van der Waals surface area (Å²) in [5.41, 5.74) is 3.52. The second-order valence-electron chi connectivity index (χ2n) is 4.58. The Morgan fingerprint density at radius 1 is 1.38 bits per heavy atom. The summed E-state index contributed by atoms with van der Waals surface area (Å²) in [7, 11) is 4.17. The number of carbonyl (C=O) groups is 1. The maximum atomic E-state index is 11.3. The molecule has 86 valence electrons. The third-order valence-electron chi connectivity index (χ3n) is 2.94. The zero-order valence-corrected chi connectivity index (χ0v) is 9.92. The van der Waals surface area contributed by atoms with Crippen molar-refractivity contribution >= 4 is 11.6 Å². The molecule has 0 aromatic heterocycles. The highest BCUT2D eigenvalue weighted by Gasteiger charge is 2.19. The van der Waals surface area contributed by atoms with Crippen molar-refractivity contribution in [3.05, 3.63) is 29.3 Å². The summed E-state index contributed by atoms with van der Waals surface area (Å²) in [5, 5.41) is 2.89. The maximum Gasteiger partial charge on any atom is 0.228 e. The van der Waals surface area contributed by atoms with Gasteiger partial charge in [-0.1, -0.05) is 12.1 Å². The fraction of sp³-hybridized carbons (Fsp3) is 0.462. The molecule has 1 aromatic carbocycles. The van der Waals surface area contributed by atoms with Gasteiger partial charge in [-0.2, -0.15) is 0 Å². The Morgan fingerprint density at radius 2 is 2.19 bits per heavy atom. The van der Waals surface area contributed by atoms with Crippen molar-refractivity contribution in [1.82, 2.24) is 4.90 Å². The van der Waals surface area contributed by atoms with Crippen molar-refractivity contribution < 1.29 is 4.79 Å². The highest BCUT2D eigenvalue weighted by molar-refractivity contribution is 5.99. The second-order valence-corrected chi connectivity index (χ2v) is 4.58. The van der Waals surface area contributed by atoms with Crippen molar-refractivity contribution in [2.45, 2.75) is 19.3 Å².